The van der Waals surface area contributed by atoms with E-state index in [1.807, 2.05) is 30.3 Å². The zero-order valence-electron chi connectivity index (χ0n) is 9.59. The molecule has 0 saturated heterocycles. The molecular formula is C14H12N2O2. The third-order valence-corrected chi connectivity index (χ3v) is 2.31. The van der Waals surface area contributed by atoms with Crippen LogP contribution < -0.4 is 11.1 Å². The van der Waals surface area contributed by atoms with Crippen molar-refractivity contribution >= 4 is 10.9 Å². The number of benzene rings is 1. The Morgan fingerprint density at radius 3 is 2.17 bits per heavy atom. The largest absolute Gasteiger partial charge is 0.329 e. The summed E-state index contributed by atoms with van der Waals surface area (Å²) in [6.07, 6.45) is 1.60. The first-order valence-electron chi connectivity index (χ1n) is 5.47. The number of fused-ring (bicyclic) bond motifs is 1. The number of H-pyrrole nitrogens is 2. The fourth-order valence-electron chi connectivity index (χ4n) is 1.47. The lowest BCUT2D eigenvalue weighted by molar-refractivity contribution is 1.24. The molecule has 0 fully saturated rings. The summed E-state index contributed by atoms with van der Waals surface area (Å²) in [6, 6.07) is 16.0. The van der Waals surface area contributed by atoms with Crippen LogP contribution in [0.5, 0.6) is 0 Å². The van der Waals surface area contributed by atoms with Gasteiger partial charge in [0.2, 0.25) is 11.1 Å². The lowest BCUT2D eigenvalue weighted by Gasteiger charge is -1.93. The molecule has 3 rings (SSSR count). The van der Waals surface area contributed by atoms with Crippen LogP contribution in [0, 0.1) is 0 Å². The van der Waals surface area contributed by atoms with Gasteiger partial charge in [-0.3, -0.25) is 9.59 Å². The molecule has 0 bridgehead atoms. The SMILES string of the molecule is O=c1ccc2ccccc2[nH]1.O=c1cccc[nH]1. The molecule has 0 aliphatic rings. The minimum Gasteiger partial charge on any atom is -0.329 e. The standard InChI is InChI=1S/C9H7NO.C5H5NO/c11-9-6-5-7-3-1-2-4-8(7)10-9;7-5-3-1-2-4-6-5/h1-6H,(H,10,11);1-4H,(H,6,7). The Kier molecular flexibility index (Phi) is 3.71. The first kappa shape index (κ1) is 11.9. The molecule has 0 spiro atoms. The molecule has 1 aromatic carbocycles. The summed E-state index contributed by atoms with van der Waals surface area (Å²) in [4.78, 5) is 26.3. The molecule has 2 N–H and O–H groups in total. The Labute approximate surface area is 103 Å². The van der Waals surface area contributed by atoms with Crippen molar-refractivity contribution in [2.24, 2.45) is 0 Å². The minimum absolute atomic E-state index is 0.0521. The molecule has 4 nitrogen and oxygen atoms in total. The van der Waals surface area contributed by atoms with E-state index in [0.717, 1.165) is 10.9 Å². The van der Waals surface area contributed by atoms with E-state index in [0.29, 0.717) is 0 Å². The van der Waals surface area contributed by atoms with Gasteiger partial charge in [-0.15, -0.1) is 0 Å². The fourth-order valence-corrected chi connectivity index (χ4v) is 1.47. The maximum absolute atomic E-state index is 10.8. The van der Waals surface area contributed by atoms with Gasteiger partial charge >= 0.3 is 0 Å². The third-order valence-electron chi connectivity index (χ3n) is 2.31. The maximum atomic E-state index is 10.8. The van der Waals surface area contributed by atoms with Crippen molar-refractivity contribution in [3.05, 3.63) is 81.5 Å². The monoisotopic (exact) mass is 240 g/mol. The number of pyridine rings is 2. The van der Waals surface area contributed by atoms with Crippen LogP contribution in [-0.4, -0.2) is 9.97 Å². The van der Waals surface area contributed by atoms with Crippen molar-refractivity contribution in [2.75, 3.05) is 0 Å². The number of para-hydroxylation sites is 1. The number of aromatic nitrogens is 2. The Bertz CT molecular complexity index is 726. The Balaban J connectivity index is 0.000000149. The minimum atomic E-state index is -0.0532. The summed E-state index contributed by atoms with van der Waals surface area (Å²) in [5.74, 6) is 0. The zero-order valence-corrected chi connectivity index (χ0v) is 9.59. The predicted octanol–water partition coefficient (Wildman–Crippen LogP) is 1.90. The van der Waals surface area contributed by atoms with E-state index in [4.69, 9.17) is 0 Å². The molecule has 2 aromatic heterocycles. The molecule has 0 radical (unpaired) electrons. The molecule has 0 amide bonds. The van der Waals surface area contributed by atoms with E-state index in [2.05, 4.69) is 9.97 Å². The third kappa shape index (κ3) is 3.18. The highest BCUT2D eigenvalue weighted by atomic mass is 16.1. The highest BCUT2D eigenvalue weighted by molar-refractivity contribution is 5.77. The van der Waals surface area contributed by atoms with E-state index >= 15 is 0 Å². The quantitative estimate of drug-likeness (QED) is 0.630. The van der Waals surface area contributed by atoms with Gasteiger partial charge in [-0.1, -0.05) is 24.3 Å². The van der Waals surface area contributed by atoms with Crippen molar-refractivity contribution in [1.82, 2.24) is 9.97 Å². The molecule has 90 valence electrons. The van der Waals surface area contributed by atoms with Gasteiger partial charge in [-0.25, -0.2) is 0 Å². The second-order valence-electron chi connectivity index (χ2n) is 3.64. The average Bonchev–Trinajstić information content (AvgIpc) is 2.40. The smallest absolute Gasteiger partial charge is 0.248 e. The molecule has 4 heteroatoms. The molecule has 0 unspecified atom stereocenters. The molecular weight excluding hydrogens is 228 g/mol. The van der Waals surface area contributed by atoms with Crippen molar-refractivity contribution in [1.29, 1.82) is 0 Å². The van der Waals surface area contributed by atoms with E-state index in [-0.39, 0.29) is 11.1 Å². The van der Waals surface area contributed by atoms with Gasteiger partial charge in [0.05, 0.1) is 0 Å². The van der Waals surface area contributed by atoms with Gasteiger partial charge < -0.3 is 9.97 Å². The van der Waals surface area contributed by atoms with Gasteiger partial charge in [0, 0.05) is 23.8 Å². The van der Waals surface area contributed by atoms with Crippen molar-refractivity contribution < 1.29 is 0 Å². The number of nitrogens with one attached hydrogen (secondary N) is 2. The summed E-state index contributed by atoms with van der Waals surface area (Å²) < 4.78 is 0. The van der Waals surface area contributed by atoms with Crippen LogP contribution in [0.4, 0.5) is 0 Å². The maximum Gasteiger partial charge on any atom is 0.248 e. The predicted molar refractivity (Wildman–Crippen MR) is 71.6 cm³/mol. The second kappa shape index (κ2) is 5.63. The summed E-state index contributed by atoms with van der Waals surface area (Å²) in [6.45, 7) is 0. The van der Waals surface area contributed by atoms with Crippen LogP contribution in [0.15, 0.2) is 70.4 Å². The molecule has 0 aliphatic carbocycles. The van der Waals surface area contributed by atoms with Gasteiger partial charge in [0.1, 0.15) is 0 Å². The topological polar surface area (TPSA) is 65.7 Å². The molecule has 0 atom stereocenters. The summed E-state index contributed by atoms with van der Waals surface area (Å²) in [7, 11) is 0. The molecule has 18 heavy (non-hydrogen) atoms. The van der Waals surface area contributed by atoms with E-state index in [1.165, 1.54) is 12.1 Å². The Morgan fingerprint density at radius 2 is 1.50 bits per heavy atom. The number of hydrogen-bond acceptors (Lipinski definition) is 2. The van der Waals surface area contributed by atoms with E-state index in [1.54, 1.807) is 18.3 Å². The van der Waals surface area contributed by atoms with Crippen molar-refractivity contribution in [3.8, 4) is 0 Å². The zero-order chi connectivity index (χ0) is 12.8. The van der Waals surface area contributed by atoms with Crippen LogP contribution in [0.2, 0.25) is 0 Å². The van der Waals surface area contributed by atoms with Crippen molar-refractivity contribution in [3.63, 3.8) is 0 Å². The molecule has 3 aromatic rings. The summed E-state index contributed by atoms with van der Waals surface area (Å²) in [5, 5.41) is 1.06. The van der Waals surface area contributed by atoms with Gasteiger partial charge in [-0.05, 0) is 23.6 Å². The normalized spacial score (nSPS) is 9.56. The summed E-state index contributed by atoms with van der Waals surface area (Å²) in [5.41, 5.74) is 0.784. The lowest BCUT2D eigenvalue weighted by Crippen LogP contribution is -2.01. The highest BCUT2D eigenvalue weighted by Gasteiger charge is 1.89. The summed E-state index contributed by atoms with van der Waals surface area (Å²) >= 11 is 0. The molecule has 2 heterocycles. The fraction of sp³-hybridized carbons (Fsp3) is 0. The van der Waals surface area contributed by atoms with Gasteiger partial charge in [-0.2, -0.15) is 0 Å². The van der Waals surface area contributed by atoms with Gasteiger partial charge in [0.15, 0.2) is 0 Å². The highest BCUT2D eigenvalue weighted by Crippen LogP contribution is 2.06. The van der Waals surface area contributed by atoms with Crippen LogP contribution in [0.25, 0.3) is 10.9 Å². The first-order chi connectivity index (χ1) is 8.75. The Morgan fingerprint density at radius 1 is 0.722 bits per heavy atom. The second-order valence-corrected chi connectivity index (χ2v) is 3.64. The molecule has 0 aliphatic heterocycles. The average molecular weight is 240 g/mol. The lowest BCUT2D eigenvalue weighted by atomic mass is 10.2. The van der Waals surface area contributed by atoms with E-state index in [9.17, 15) is 9.59 Å². The van der Waals surface area contributed by atoms with Crippen LogP contribution in [0.1, 0.15) is 0 Å². The van der Waals surface area contributed by atoms with Crippen molar-refractivity contribution in [2.45, 2.75) is 0 Å². The van der Waals surface area contributed by atoms with Crippen LogP contribution >= 0.6 is 0 Å². The number of aromatic amines is 2. The first-order valence-corrected chi connectivity index (χ1v) is 5.47. The van der Waals surface area contributed by atoms with Crippen LogP contribution in [-0.2, 0) is 0 Å². The van der Waals surface area contributed by atoms with Gasteiger partial charge in [0.25, 0.3) is 0 Å². The van der Waals surface area contributed by atoms with E-state index < -0.39 is 0 Å². The Hall–Kier alpha value is -2.62. The molecule has 0 saturated carbocycles. The number of rotatable bonds is 0. The number of hydrogen-bond donors (Lipinski definition) is 2. The van der Waals surface area contributed by atoms with Crippen LogP contribution in [0.3, 0.4) is 0 Å².